The summed E-state index contributed by atoms with van der Waals surface area (Å²) in [6, 6.07) is 13.7. The number of imidazole rings is 1. The van der Waals surface area contributed by atoms with E-state index in [1.54, 1.807) is 4.57 Å². The summed E-state index contributed by atoms with van der Waals surface area (Å²) in [5, 5.41) is 0. The number of aromatic nitrogens is 2. The molecule has 0 aliphatic carbocycles. The topological polar surface area (TPSA) is 37.8 Å². The summed E-state index contributed by atoms with van der Waals surface area (Å²) in [7, 11) is 0. The summed E-state index contributed by atoms with van der Waals surface area (Å²) in [6.45, 7) is 8.22. The minimum Gasteiger partial charge on any atom is -0.305 e. The Labute approximate surface area is 117 Å². The van der Waals surface area contributed by atoms with E-state index in [1.165, 1.54) is 11.1 Å². The molecule has 3 rings (SSSR count). The molecule has 0 amide bonds. The molecule has 0 radical (unpaired) electrons. The molecule has 1 N–H and O–H groups in total. The average Bonchev–Trinajstić information content (AvgIpc) is 2.77. The smallest absolute Gasteiger partial charge is 0.305 e. The molecule has 0 atom stereocenters. The zero-order valence-electron chi connectivity index (χ0n) is 11.6. The fourth-order valence-electron chi connectivity index (χ4n) is 2.37. The van der Waals surface area contributed by atoms with Crippen molar-refractivity contribution in [2.24, 2.45) is 0 Å². The Kier molecular flexibility index (Phi) is 2.83. The third-order valence-corrected chi connectivity index (χ3v) is 3.70. The SMILES string of the molecule is C=C(c1ccc(C)c(C)c1)n1c(=O)[nH]c2ccccc21. The van der Waals surface area contributed by atoms with Gasteiger partial charge in [0.2, 0.25) is 0 Å². The molecule has 0 spiro atoms. The number of aryl methyl sites for hydroxylation is 2. The van der Waals surface area contributed by atoms with E-state index in [4.69, 9.17) is 0 Å². The van der Waals surface area contributed by atoms with Crippen LogP contribution in [0.15, 0.2) is 53.8 Å². The number of benzene rings is 2. The number of hydrogen-bond acceptors (Lipinski definition) is 1. The predicted molar refractivity (Wildman–Crippen MR) is 82.9 cm³/mol. The zero-order chi connectivity index (χ0) is 14.3. The Morgan fingerprint density at radius 1 is 1.10 bits per heavy atom. The molecule has 3 aromatic rings. The van der Waals surface area contributed by atoms with Crippen molar-refractivity contribution < 1.29 is 0 Å². The standard InChI is InChI=1S/C17H16N2O/c1-11-8-9-14(10-12(11)2)13(3)19-16-7-5-4-6-15(16)18-17(19)20/h4-10H,3H2,1-2H3,(H,18,20). The molecule has 0 bridgehead atoms. The van der Waals surface area contributed by atoms with Gasteiger partial charge in [-0.25, -0.2) is 4.79 Å². The molecule has 0 aliphatic heterocycles. The number of para-hydroxylation sites is 2. The first-order valence-electron chi connectivity index (χ1n) is 6.54. The van der Waals surface area contributed by atoms with Crippen LogP contribution in [0.3, 0.4) is 0 Å². The van der Waals surface area contributed by atoms with Crippen LogP contribution in [0.25, 0.3) is 16.7 Å². The van der Waals surface area contributed by atoms with Gasteiger partial charge >= 0.3 is 5.69 Å². The summed E-state index contributed by atoms with van der Waals surface area (Å²) in [5.74, 6) is 0. The lowest BCUT2D eigenvalue weighted by atomic mass is 10.0. The molecule has 3 nitrogen and oxygen atoms in total. The molecule has 0 aliphatic rings. The summed E-state index contributed by atoms with van der Waals surface area (Å²) >= 11 is 0. The summed E-state index contributed by atoms with van der Waals surface area (Å²) in [4.78, 5) is 15.0. The third kappa shape index (κ3) is 1.88. The second-order valence-electron chi connectivity index (χ2n) is 5.03. The van der Waals surface area contributed by atoms with Crippen LogP contribution in [0.4, 0.5) is 0 Å². The van der Waals surface area contributed by atoms with Crippen molar-refractivity contribution in [1.82, 2.24) is 9.55 Å². The highest BCUT2D eigenvalue weighted by molar-refractivity contribution is 5.81. The van der Waals surface area contributed by atoms with Crippen LogP contribution in [0, 0.1) is 13.8 Å². The van der Waals surface area contributed by atoms with Crippen LogP contribution < -0.4 is 5.69 Å². The minimum atomic E-state index is -0.158. The maximum absolute atomic E-state index is 12.2. The van der Waals surface area contributed by atoms with Crippen LogP contribution in [0.5, 0.6) is 0 Å². The van der Waals surface area contributed by atoms with Crippen LogP contribution in [0.1, 0.15) is 16.7 Å². The van der Waals surface area contributed by atoms with Gasteiger partial charge in [0.05, 0.1) is 16.7 Å². The van der Waals surface area contributed by atoms with Gasteiger partial charge in [0.1, 0.15) is 0 Å². The lowest BCUT2D eigenvalue weighted by Gasteiger charge is -2.09. The summed E-state index contributed by atoms with van der Waals surface area (Å²) < 4.78 is 1.62. The van der Waals surface area contributed by atoms with Crippen LogP contribution in [0.2, 0.25) is 0 Å². The van der Waals surface area contributed by atoms with Gasteiger partial charge in [-0.2, -0.15) is 0 Å². The molecule has 0 saturated heterocycles. The minimum absolute atomic E-state index is 0.158. The van der Waals surface area contributed by atoms with Crippen molar-refractivity contribution in [3.05, 3.63) is 76.2 Å². The van der Waals surface area contributed by atoms with Gasteiger partial charge in [-0.05, 0) is 48.7 Å². The van der Waals surface area contributed by atoms with Gasteiger partial charge in [-0.1, -0.05) is 30.8 Å². The van der Waals surface area contributed by atoms with Gasteiger partial charge in [0.15, 0.2) is 0 Å². The largest absolute Gasteiger partial charge is 0.331 e. The van der Waals surface area contributed by atoms with E-state index in [0.29, 0.717) is 5.70 Å². The maximum Gasteiger partial charge on any atom is 0.331 e. The number of H-pyrrole nitrogens is 1. The van der Waals surface area contributed by atoms with Gasteiger partial charge in [0, 0.05) is 0 Å². The zero-order valence-corrected chi connectivity index (χ0v) is 11.6. The molecular weight excluding hydrogens is 248 g/mol. The maximum atomic E-state index is 12.2. The van der Waals surface area contributed by atoms with Crippen molar-refractivity contribution in [3.8, 4) is 0 Å². The van der Waals surface area contributed by atoms with Gasteiger partial charge in [-0.15, -0.1) is 0 Å². The van der Waals surface area contributed by atoms with E-state index in [2.05, 4.69) is 37.5 Å². The molecule has 0 fully saturated rings. The van der Waals surface area contributed by atoms with E-state index in [-0.39, 0.29) is 5.69 Å². The monoisotopic (exact) mass is 264 g/mol. The Balaban J connectivity index is 2.20. The lowest BCUT2D eigenvalue weighted by molar-refractivity contribution is 1.04. The summed E-state index contributed by atoms with van der Waals surface area (Å²) in [6.07, 6.45) is 0. The highest BCUT2D eigenvalue weighted by atomic mass is 16.1. The van der Waals surface area contributed by atoms with Gasteiger partial charge in [-0.3, -0.25) is 4.57 Å². The van der Waals surface area contributed by atoms with Crippen LogP contribution in [-0.4, -0.2) is 9.55 Å². The van der Waals surface area contributed by atoms with Crippen LogP contribution >= 0.6 is 0 Å². The van der Waals surface area contributed by atoms with Crippen molar-refractivity contribution in [2.75, 3.05) is 0 Å². The normalized spacial score (nSPS) is 10.9. The number of rotatable bonds is 2. The average molecular weight is 264 g/mol. The van der Waals surface area contributed by atoms with E-state index in [0.717, 1.165) is 16.6 Å². The number of hydrogen-bond donors (Lipinski definition) is 1. The Bertz CT molecular complexity index is 868. The van der Waals surface area contributed by atoms with Gasteiger partial charge < -0.3 is 4.98 Å². The van der Waals surface area contributed by atoms with Crippen molar-refractivity contribution in [1.29, 1.82) is 0 Å². The first kappa shape index (κ1) is 12.5. The molecule has 2 aromatic carbocycles. The van der Waals surface area contributed by atoms with Crippen molar-refractivity contribution in [3.63, 3.8) is 0 Å². The van der Waals surface area contributed by atoms with Gasteiger partial charge in [0.25, 0.3) is 0 Å². The fraction of sp³-hybridized carbons (Fsp3) is 0.118. The highest BCUT2D eigenvalue weighted by Gasteiger charge is 2.10. The number of nitrogens with zero attached hydrogens (tertiary/aromatic N) is 1. The highest BCUT2D eigenvalue weighted by Crippen LogP contribution is 2.21. The molecule has 20 heavy (non-hydrogen) atoms. The first-order chi connectivity index (χ1) is 9.58. The second kappa shape index (κ2) is 4.53. The molecule has 100 valence electrons. The quantitative estimate of drug-likeness (QED) is 0.756. The molecular formula is C17H16N2O. The number of aromatic amines is 1. The third-order valence-electron chi connectivity index (χ3n) is 3.70. The Morgan fingerprint density at radius 2 is 1.85 bits per heavy atom. The number of fused-ring (bicyclic) bond motifs is 1. The Morgan fingerprint density at radius 3 is 2.60 bits per heavy atom. The lowest BCUT2D eigenvalue weighted by Crippen LogP contribution is -2.16. The first-order valence-corrected chi connectivity index (χ1v) is 6.54. The summed E-state index contributed by atoms with van der Waals surface area (Å²) in [5.41, 5.74) is 5.58. The Hall–Kier alpha value is -2.55. The molecule has 0 unspecified atom stereocenters. The molecule has 1 heterocycles. The predicted octanol–water partition coefficient (Wildman–Crippen LogP) is 3.47. The van der Waals surface area contributed by atoms with E-state index >= 15 is 0 Å². The van der Waals surface area contributed by atoms with E-state index in [1.807, 2.05) is 30.3 Å². The molecule has 1 aromatic heterocycles. The molecule has 0 saturated carbocycles. The number of nitrogens with one attached hydrogen (secondary N) is 1. The molecule has 3 heteroatoms. The fourth-order valence-corrected chi connectivity index (χ4v) is 2.37. The van der Waals surface area contributed by atoms with Crippen molar-refractivity contribution in [2.45, 2.75) is 13.8 Å². The van der Waals surface area contributed by atoms with Crippen LogP contribution in [-0.2, 0) is 0 Å². The van der Waals surface area contributed by atoms with Crippen molar-refractivity contribution >= 4 is 16.7 Å². The van der Waals surface area contributed by atoms with E-state index in [9.17, 15) is 4.79 Å². The van der Waals surface area contributed by atoms with E-state index < -0.39 is 0 Å². The second-order valence-corrected chi connectivity index (χ2v) is 5.03.